The maximum Gasteiger partial charge on any atom is 0.133 e. The minimum absolute atomic E-state index is 0.254. The topological polar surface area (TPSA) is 51.8 Å². The Labute approximate surface area is 120 Å². The van der Waals surface area contributed by atoms with Gasteiger partial charge in [-0.05, 0) is 48.9 Å². The first kappa shape index (κ1) is 13.3. The summed E-state index contributed by atoms with van der Waals surface area (Å²) in [5.74, 6) is 1.12. The highest BCUT2D eigenvalue weighted by Gasteiger charge is 2.14. The van der Waals surface area contributed by atoms with E-state index in [1.807, 2.05) is 12.3 Å². The van der Waals surface area contributed by atoms with Crippen LogP contribution in [0, 0.1) is 0 Å². The van der Waals surface area contributed by atoms with Gasteiger partial charge in [0, 0.05) is 24.2 Å². The van der Waals surface area contributed by atoms with Crippen molar-refractivity contribution in [1.29, 1.82) is 0 Å². The molecule has 1 heterocycles. The van der Waals surface area contributed by atoms with E-state index in [0.717, 1.165) is 17.9 Å². The van der Waals surface area contributed by atoms with Crippen molar-refractivity contribution in [1.82, 2.24) is 9.97 Å². The van der Waals surface area contributed by atoms with Crippen molar-refractivity contribution in [3.05, 3.63) is 47.4 Å². The van der Waals surface area contributed by atoms with Gasteiger partial charge in [-0.25, -0.2) is 9.97 Å². The molecular weight excluding hydrogens is 246 g/mol. The molecule has 0 spiro atoms. The van der Waals surface area contributed by atoms with Crippen LogP contribution in [0.15, 0.2) is 30.5 Å². The quantitative estimate of drug-likeness (QED) is 0.926. The third-order valence-electron chi connectivity index (χ3n) is 4.21. The van der Waals surface area contributed by atoms with E-state index in [1.54, 1.807) is 0 Å². The fraction of sp³-hybridized carbons (Fsp3) is 0.412. The summed E-state index contributed by atoms with van der Waals surface area (Å²) in [6.07, 6.45) is 6.52. The number of rotatable bonds is 4. The first-order chi connectivity index (χ1) is 9.81. The Kier molecular flexibility index (Phi) is 3.79. The number of fused-ring (bicyclic) bond motifs is 1. The number of hydrogen-bond acceptors (Lipinski definition) is 3. The second-order valence-electron chi connectivity index (χ2n) is 5.48. The predicted molar refractivity (Wildman–Crippen MR) is 81.6 cm³/mol. The van der Waals surface area contributed by atoms with Crippen LogP contribution in [0.2, 0.25) is 0 Å². The maximum atomic E-state index is 5.80. The molecule has 3 heteroatoms. The van der Waals surface area contributed by atoms with Crippen molar-refractivity contribution in [2.24, 2.45) is 5.73 Å². The van der Waals surface area contributed by atoms with Crippen LogP contribution in [0.5, 0.6) is 0 Å². The van der Waals surface area contributed by atoms with E-state index in [4.69, 9.17) is 10.7 Å². The molecule has 3 rings (SSSR count). The van der Waals surface area contributed by atoms with E-state index in [9.17, 15) is 0 Å². The number of benzene rings is 1. The molecule has 0 radical (unpaired) electrons. The first-order valence-corrected chi connectivity index (χ1v) is 7.47. The average molecular weight is 267 g/mol. The monoisotopic (exact) mass is 267 g/mol. The normalized spacial score (nSPS) is 15.1. The molecule has 2 N–H and O–H groups in total. The lowest BCUT2D eigenvalue weighted by Gasteiger charge is -2.12. The standard InChI is InChI=1S/C17H21N3/c1-2-12(11-18)17-19-9-8-16(20-17)15-7-6-13-4-3-5-14(13)10-15/h6-10,12H,2-5,11,18H2,1H3. The summed E-state index contributed by atoms with van der Waals surface area (Å²) >= 11 is 0. The van der Waals surface area contributed by atoms with Crippen molar-refractivity contribution in [3.8, 4) is 11.3 Å². The van der Waals surface area contributed by atoms with Crippen LogP contribution in [0.4, 0.5) is 0 Å². The summed E-state index contributed by atoms with van der Waals surface area (Å²) in [5, 5.41) is 0. The average Bonchev–Trinajstić information content (AvgIpc) is 2.96. The van der Waals surface area contributed by atoms with Gasteiger partial charge in [0.2, 0.25) is 0 Å². The summed E-state index contributed by atoms with van der Waals surface area (Å²) < 4.78 is 0. The minimum atomic E-state index is 0.254. The molecule has 3 nitrogen and oxygen atoms in total. The largest absolute Gasteiger partial charge is 0.330 e. The zero-order valence-electron chi connectivity index (χ0n) is 12.0. The van der Waals surface area contributed by atoms with Gasteiger partial charge in [-0.2, -0.15) is 0 Å². The van der Waals surface area contributed by atoms with Crippen molar-refractivity contribution in [2.45, 2.75) is 38.5 Å². The van der Waals surface area contributed by atoms with Gasteiger partial charge in [-0.3, -0.25) is 0 Å². The van der Waals surface area contributed by atoms with E-state index < -0.39 is 0 Å². The van der Waals surface area contributed by atoms with Crippen LogP contribution in [0.25, 0.3) is 11.3 Å². The molecule has 0 saturated carbocycles. The number of aryl methyl sites for hydroxylation is 2. The van der Waals surface area contributed by atoms with Gasteiger partial charge in [-0.1, -0.05) is 19.1 Å². The van der Waals surface area contributed by atoms with E-state index >= 15 is 0 Å². The molecule has 1 aliphatic carbocycles. The zero-order valence-corrected chi connectivity index (χ0v) is 12.0. The second-order valence-corrected chi connectivity index (χ2v) is 5.48. The lowest BCUT2D eigenvalue weighted by molar-refractivity contribution is 0.631. The molecule has 1 unspecified atom stereocenters. The molecule has 104 valence electrons. The lowest BCUT2D eigenvalue weighted by atomic mass is 10.0. The zero-order chi connectivity index (χ0) is 13.9. The predicted octanol–water partition coefficient (Wildman–Crippen LogP) is 3.08. The Bertz CT molecular complexity index is 603. The fourth-order valence-electron chi connectivity index (χ4n) is 2.92. The third-order valence-corrected chi connectivity index (χ3v) is 4.21. The van der Waals surface area contributed by atoms with Gasteiger partial charge in [-0.15, -0.1) is 0 Å². The van der Waals surface area contributed by atoms with Crippen LogP contribution in [-0.4, -0.2) is 16.5 Å². The molecular formula is C17H21N3. The molecule has 0 aliphatic heterocycles. The highest BCUT2D eigenvalue weighted by atomic mass is 14.9. The Morgan fingerprint density at radius 1 is 1.20 bits per heavy atom. The van der Waals surface area contributed by atoms with Crippen LogP contribution in [0.3, 0.4) is 0 Å². The van der Waals surface area contributed by atoms with Gasteiger partial charge in [0.15, 0.2) is 0 Å². The van der Waals surface area contributed by atoms with Crippen molar-refractivity contribution < 1.29 is 0 Å². The van der Waals surface area contributed by atoms with Crippen molar-refractivity contribution >= 4 is 0 Å². The molecule has 0 fully saturated rings. The van der Waals surface area contributed by atoms with Gasteiger partial charge in [0.25, 0.3) is 0 Å². The Morgan fingerprint density at radius 2 is 2.05 bits per heavy atom. The van der Waals surface area contributed by atoms with E-state index in [-0.39, 0.29) is 5.92 Å². The highest BCUT2D eigenvalue weighted by molar-refractivity contribution is 5.61. The van der Waals surface area contributed by atoms with Crippen molar-refractivity contribution in [2.75, 3.05) is 6.54 Å². The first-order valence-electron chi connectivity index (χ1n) is 7.47. The van der Waals surface area contributed by atoms with Gasteiger partial charge in [0.05, 0.1) is 5.69 Å². The molecule has 1 aromatic heterocycles. The molecule has 0 saturated heterocycles. The van der Waals surface area contributed by atoms with Gasteiger partial charge >= 0.3 is 0 Å². The molecule has 1 atom stereocenters. The summed E-state index contributed by atoms with van der Waals surface area (Å²) in [7, 11) is 0. The van der Waals surface area contributed by atoms with E-state index in [2.05, 4.69) is 30.1 Å². The van der Waals surface area contributed by atoms with E-state index in [1.165, 1.54) is 36.0 Å². The summed E-state index contributed by atoms with van der Waals surface area (Å²) in [6, 6.07) is 8.71. The summed E-state index contributed by atoms with van der Waals surface area (Å²) in [6.45, 7) is 2.73. The minimum Gasteiger partial charge on any atom is -0.330 e. The fourth-order valence-corrected chi connectivity index (χ4v) is 2.92. The van der Waals surface area contributed by atoms with Gasteiger partial charge in [0.1, 0.15) is 5.82 Å². The van der Waals surface area contributed by atoms with Crippen LogP contribution >= 0.6 is 0 Å². The second kappa shape index (κ2) is 5.71. The van der Waals surface area contributed by atoms with E-state index in [0.29, 0.717) is 6.54 Å². The number of aromatic nitrogens is 2. The van der Waals surface area contributed by atoms with Crippen LogP contribution < -0.4 is 5.73 Å². The molecule has 2 aromatic rings. The van der Waals surface area contributed by atoms with Gasteiger partial charge < -0.3 is 5.73 Å². The molecule has 0 bridgehead atoms. The summed E-state index contributed by atoms with van der Waals surface area (Å²) in [4.78, 5) is 9.11. The molecule has 0 amide bonds. The molecule has 1 aromatic carbocycles. The van der Waals surface area contributed by atoms with Crippen LogP contribution in [0.1, 0.15) is 42.6 Å². The number of hydrogen-bond donors (Lipinski definition) is 1. The summed E-state index contributed by atoms with van der Waals surface area (Å²) in [5.41, 5.74) is 11.0. The Morgan fingerprint density at radius 3 is 2.85 bits per heavy atom. The Hall–Kier alpha value is -1.74. The smallest absolute Gasteiger partial charge is 0.133 e. The Balaban J connectivity index is 1.96. The SMILES string of the molecule is CCC(CN)c1nccc(-c2ccc3c(c2)CCC3)n1. The lowest BCUT2D eigenvalue weighted by Crippen LogP contribution is -2.14. The number of nitrogens with two attached hydrogens (primary N) is 1. The van der Waals surface area contributed by atoms with Crippen molar-refractivity contribution in [3.63, 3.8) is 0 Å². The molecule has 1 aliphatic rings. The highest BCUT2D eigenvalue weighted by Crippen LogP contribution is 2.27. The third kappa shape index (κ3) is 2.46. The number of nitrogens with zero attached hydrogens (tertiary/aromatic N) is 2. The maximum absolute atomic E-state index is 5.80. The van der Waals surface area contributed by atoms with Crippen LogP contribution in [-0.2, 0) is 12.8 Å². The molecule has 20 heavy (non-hydrogen) atoms.